The summed E-state index contributed by atoms with van der Waals surface area (Å²) in [6.45, 7) is 47.8. The topological polar surface area (TPSA) is 359 Å². The first-order valence-electron chi connectivity index (χ1n) is 28.8. The second-order valence-electron chi connectivity index (χ2n) is 19.6. The Labute approximate surface area is 545 Å². The SMILES string of the molecule is C=C(C)C(=O)OCC(O)COC(=O)C(=C)C.C=C(C)C(=O)OCCOCC(CC)(COCCOC(=O)C(=C)C)COCCOC(=O)C(=C)C.C=CC(=O)OCC(O)COC(=O)C=C.C=CC(=O)OCCOCC(CC)(COCCOC(=O)C=C)COCCOC(=O)C=C. The molecule has 28 nitrogen and oxygen atoms in total. The summed E-state index contributed by atoms with van der Waals surface area (Å²) in [7, 11) is 0. The van der Waals surface area contributed by atoms with Crippen LogP contribution in [0.3, 0.4) is 0 Å². The molecule has 0 aromatic heterocycles. The maximum absolute atomic E-state index is 11.4. The fraction of sp³-hybridized carbons (Fsp3) is 0.538. The summed E-state index contributed by atoms with van der Waals surface area (Å²) in [5.74, 6) is -5.43. The molecule has 0 aromatic carbocycles. The van der Waals surface area contributed by atoms with Gasteiger partial charge in [-0.15, -0.1) is 0 Å². The minimum atomic E-state index is -1.05. The molecule has 0 radical (unpaired) electrons. The fourth-order valence-electron chi connectivity index (χ4n) is 5.49. The number of ether oxygens (including phenoxy) is 16. The van der Waals surface area contributed by atoms with E-state index in [-0.39, 0.29) is 156 Å². The van der Waals surface area contributed by atoms with E-state index in [4.69, 9.17) is 61.9 Å². The molecule has 0 aliphatic carbocycles. The second-order valence-corrected chi connectivity index (χ2v) is 19.6. The van der Waals surface area contributed by atoms with E-state index in [9.17, 15) is 53.1 Å². The first-order valence-corrected chi connectivity index (χ1v) is 28.8. The zero-order valence-corrected chi connectivity index (χ0v) is 55.1. The molecule has 0 rings (SSSR count). The lowest BCUT2D eigenvalue weighted by Crippen LogP contribution is -2.38. The van der Waals surface area contributed by atoms with Gasteiger partial charge in [-0.2, -0.15) is 0 Å². The molecule has 0 aromatic rings. The summed E-state index contributed by atoms with van der Waals surface area (Å²) < 4.78 is 82.1. The highest BCUT2D eigenvalue weighted by Gasteiger charge is 2.31. The zero-order chi connectivity index (χ0) is 71.6. The Morgan fingerprint density at radius 2 is 0.473 bits per heavy atom. The van der Waals surface area contributed by atoms with Gasteiger partial charge in [0.25, 0.3) is 0 Å². The maximum Gasteiger partial charge on any atom is 0.333 e. The average Bonchev–Trinajstić information content (AvgIpc) is 2.85. The van der Waals surface area contributed by atoms with Gasteiger partial charge >= 0.3 is 59.7 Å². The lowest BCUT2D eigenvalue weighted by atomic mass is 9.88. The van der Waals surface area contributed by atoms with Gasteiger partial charge in [0.2, 0.25) is 0 Å². The van der Waals surface area contributed by atoms with Gasteiger partial charge in [0.05, 0.1) is 79.3 Å². The van der Waals surface area contributed by atoms with Gasteiger partial charge in [0, 0.05) is 69.1 Å². The van der Waals surface area contributed by atoms with Crippen LogP contribution in [0.5, 0.6) is 0 Å². The average molecular weight is 1330 g/mol. The van der Waals surface area contributed by atoms with Crippen LogP contribution in [0.4, 0.5) is 0 Å². The molecule has 0 aliphatic rings. The van der Waals surface area contributed by atoms with Gasteiger partial charge < -0.3 is 86.0 Å². The quantitative estimate of drug-likeness (QED) is 0.0357. The van der Waals surface area contributed by atoms with Crippen LogP contribution in [0.1, 0.15) is 61.3 Å². The third kappa shape index (κ3) is 54.1. The lowest BCUT2D eigenvalue weighted by molar-refractivity contribution is -0.148. The van der Waals surface area contributed by atoms with Crippen molar-refractivity contribution in [3.8, 4) is 0 Å². The molecule has 0 atom stereocenters. The van der Waals surface area contributed by atoms with Crippen LogP contribution < -0.4 is 0 Å². The molecule has 0 saturated carbocycles. The molecule has 28 heteroatoms. The van der Waals surface area contributed by atoms with E-state index in [1.807, 2.05) is 13.8 Å². The summed E-state index contributed by atoms with van der Waals surface area (Å²) >= 11 is 0. The number of rotatable bonds is 50. The Bertz CT molecular complexity index is 2190. The molecular formula is C65H98O28. The molecule has 0 fully saturated rings. The molecule has 0 heterocycles. The smallest absolute Gasteiger partial charge is 0.333 e. The van der Waals surface area contributed by atoms with Gasteiger partial charge in [-0.05, 0) is 47.5 Å². The van der Waals surface area contributed by atoms with Crippen molar-refractivity contribution < 1.29 is 134 Å². The normalized spacial score (nSPS) is 10.4. The van der Waals surface area contributed by atoms with Gasteiger partial charge in [-0.25, -0.2) is 47.9 Å². The molecule has 0 spiro atoms. The predicted octanol–water partition coefficient (Wildman–Crippen LogP) is 4.80. The van der Waals surface area contributed by atoms with Crippen molar-refractivity contribution in [2.75, 3.05) is 145 Å². The van der Waals surface area contributed by atoms with E-state index >= 15 is 0 Å². The number of hydrogen-bond donors (Lipinski definition) is 2. The van der Waals surface area contributed by atoms with Gasteiger partial charge in [-0.3, -0.25) is 0 Å². The van der Waals surface area contributed by atoms with Crippen LogP contribution in [0.15, 0.2) is 124 Å². The third-order valence-corrected chi connectivity index (χ3v) is 11.0. The minimum absolute atomic E-state index is 0.0981. The Morgan fingerprint density at radius 3 is 0.656 bits per heavy atom. The van der Waals surface area contributed by atoms with E-state index < -0.39 is 82.7 Å². The number of aliphatic hydroxyl groups is 2. The van der Waals surface area contributed by atoms with E-state index in [1.54, 1.807) is 20.8 Å². The van der Waals surface area contributed by atoms with E-state index in [0.29, 0.717) is 29.6 Å². The summed E-state index contributed by atoms with van der Waals surface area (Å²) in [6.07, 6.45) is 4.43. The van der Waals surface area contributed by atoms with E-state index in [2.05, 4.69) is 84.7 Å². The van der Waals surface area contributed by atoms with Gasteiger partial charge in [0.15, 0.2) is 0 Å². The highest BCUT2D eigenvalue weighted by atomic mass is 16.6. The molecule has 0 amide bonds. The molecule has 0 saturated heterocycles. The third-order valence-electron chi connectivity index (χ3n) is 11.0. The monoisotopic (exact) mass is 1330 g/mol. The van der Waals surface area contributed by atoms with Crippen molar-refractivity contribution in [1.82, 2.24) is 0 Å². The summed E-state index contributed by atoms with van der Waals surface area (Å²) in [5.41, 5.74) is 0.443. The molecule has 0 unspecified atom stereocenters. The zero-order valence-electron chi connectivity index (χ0n) is 55.1. The Morgan fingerprint density at radius 1 is 0.301 bits per heavy atom. The van der Waals surface area contributed by atoms with Crippen molar-refractivity contribution in [1.29, 1.82) is 0 Å². The number of carbonyl (C=O) groups excluding carboxylic acids is 10. The number of esters is 10. The van der Waals surface area contributed by atoms with Crippen molar-refractivity contribution in [3.05, 3.63) is 124 Å². The molecule has 526 valence electrons. The van der Waals surface area contributed by atoms with Crippen LogP contribution in [-0.2, 0) is 124 Å². The Hall–Kier alpha value is -8.22. The number of hydrogen-bond acceptors (Lipinski definition) is 28. The highest BCUT2D eigenvalue weighted by Crippen LogP contribution is 2.25. The van der Waals surface area contributed by atoms with E-state index in [1.165, 1.54) is 13.8 Å². The Kier molecular flexibility index (Phi) is 56.5. The number of aliphatic hydroxyl groups excluding tert-OH is 2. The van der Waals surface area contributed by atoms with E-state index in [0.717, 1.165) is 30.4 Å². The first-order chi connectivity index (χ1) is 43.9. The highest BCUT2D eigenvalue weighted by molar-refractivity contribution is 5.89. The molecular weight excluding hydrogens is 1230 g/mol. The molecule has 2 N–H and O–H groups in total. The molecule has 93 heavy (non-hydrogen) atoms. The maximum atomic E-state index is 11.4. The van der Waals surface area contributed by atoms with Crippen LogP contribution in [0.2, 0.25) is 0 Å². The van der Waals surface area contributed by atoms with Crippen molar-refractivity contribution in [3.63, 3.8) is 0 Å². The first kappa shape index (κ1) is 91.2. The number of carbonyl (C=O) groups is 10. The Balaban J connectivity index is -0.000000602. The summed E-state index contributed by atoms with van der Waals surface area (Å²) in [4.78, 5) is 110. The van der Waals surface area contributed by atoms with Crippen LogP contribution in [0, 0.1) is 10.8 Å². The largest absolute Gasteiger partial charge is 0.460 e. The van der Waals surface area contributed by atoms with Crippen molar-refractivity contribution in [2.45, 2.75) is 73.5 Å². The predicted molar refractivity (Wildman–Crippen MR) is 337 cm³/mol. The molecule has 0 aliphatic heterocycles. The van der Waals surface area contributed by atoms with Gasteiger partial charge in [0.1, 0.15) is 78.3 Å². The van der Waals surface area contributed by atoms with Crippen LogP contribution in [-0.4, -0.2) is 227 Å². The minimum Gasteiger partial charge on any atom is -0.460 e. The van der Waals surface area contributed by atoms with Crippen molar-refractivity contribution in [2.24, 2.45) is 10.8 Å². The summed E-state index contributed by atoms with van der Waals surface area (Å²) in [6, 6.07) is 0. The molecule has 0 bridgehead atoms. The van der Waals surface area contributed by atoms with Crippen LogP contribution in [0.25, 0.3) is 0 Å². The lowest BCUT2D eigenvalue weighted by Gasteiger charge is -2.32. The fourth-order valence-corrected chi connectivity index (χ4v) is 5.49. The standard InChI is InChI=1S/C24H38O9.C21H32O9.C11H16O5.C9H12O5/c1-8-24(15-28-9-12-31-21(25)18(2)3,16-29-10-13-32-22(26)19(4)5)17-30-11-14-33-23(27)20(6)7;1-5-18(22)28-12-9-25-15-21(8-4,16-26-10-13-29-19(23)6-2)17-27-11-14-30-20(24)7-3;1-7(2)10(13)15-5-9(12)6-16-11(14)8(3)4;1-3-8(11)13-5-7(10)6-14-9(12)4-2/h2,4,6,8-17H2,1,3,5,7H3;5-7H,1-3,8-17H2,4H3;9,12H,1,3,5-6H2,2,4H3;3-4,7,10H,1-2,5-6H2. The van der Waals surface area contributed by atoms with Gasteiger partial charge in [-0.1, -0.05) is 79.6 Å². The van der Waals surface area contributed by atoms with Crippen LogP contribution >= 0.6 is 0 Å². The van der Waals surface area contributed by atoms with Crippen molar-refractivity contribution >= 4 is 59.7 Å². The summed E-state index contributed by atoms with van der Waals surface area (Å²) in [5, 5.41) is 18.4. The second kappa shape index (κ2) is 57.7.